The number of ether oxygens (including phenoxy) is 2. The van der Waals surface area contributed by atoms with Crippen molar-refractivity contribution in [1.29, 1.82) is 0 Å². The Labute approximate surface area is 155 Å². The molecule has 0 unspecified atom stereocenters. The van der Waals surface area contributed by atoms with E-state index in [1.807, 2.05) is 47.8 Å². The van der Waals surface area contributed by atoms with Gasteiger partial charge in [-0.2, -0.15) is 5.10 Å². The van der Waals surface area contributed by atoms with Gasteiger partial charge in [-0.05, 0) is 23.6 Å². The average Bonchev–Trinajstić information content (AvgIpc) is 3.37. The third kappa shape index (κ3) is 3.70. The van der Waals surface area contributed by atoms with Crippen molar-refractivity contribution in [2.75, 3.05) is 26.4 Å². The molecule has 3 aromatic rings. The van der Waals surface area contributed by atoms with E-state index >= 15 is 0 Å². The molecule has 0 bridgehead atoms. The van der Waals surface area contributed by atoms with Gasteiger partial charge >= 0.3 is 0 Å². The summed E-state index contributed by atoms with van der Waals surface area (Å²) < 4.78 is 12.7. The monoisotopic (exact) mass is 369 g/mol. The summed E-state index contributed by atoms with van der Waals surface area (Å²) in [7, 11) is 0. The molecule has 0 spiro atoms. The van der Waals surface area contributed by atoms with Crippen molar-refractivity contribution >= 4 is 17.2 Å². The van der Waals surface area contributed by atoms with Crippen LogP contribution < -0.4 is 5.32 Å². The molecule has 6 nitrogen and oxygen atoms in total. The summed E-state index contributed by atoms with van der Waals surface area (Å²) in [6.45, 7) is 2.09. The molecule has 0 saturated carbocycles. The second-order valence-electron chi connectivity index (χ2n) is 5.93. The number of para-hydroxylation sites is 1. The molecular weight excluding hydrogens is 350 g/mol. The van der Waals surface area contributed by atoms with E-state index in [2.05, 4.69) is 10.4 Å². The van der Waals surface area contributed by atoms with Crippen LogP contribution in [0.2, 0.25) is 0 Å². The quantitative estimate of drug-likeness (QED) is 0.751. The summed E-state index contributed by atoms with van der Waals surface area (Å²) in [5.74, 6) is -0.162. The first-order valence-corrected chi connectivity index (χ1v) is 9.36. The Kier molecular flexibility index (Phi) is 5.10. The van der Waals surface area contributed by atoms with Crippen molar-refractivity contribution in [2.45, 2.75) is 6.10 Å². The highest BCUT2D eigenvalue weighted by Gasteiger charge is 2.21. The first kappa shape index (κ1) is 17.0. The zero-order valence-electron chi connectivity index (χ0n) is 14.1. The van der Waals surface area contributed by atoms with Gasteiger partial charge in [0.1, 0.15) is 5.69 Å². The van der Waals surface area contributed by atoms with Gasteiger partial charge in [-0.1, -0.05) is 24.3 Å². The van der Waals surface area contributed by atoms with Crippen LogP contribution in [0.4, 0.5) is 0 Å². The smallest absolute Gasteiger partial charge is 0.255 e. The zero-order valence-corrected chi connectivity index (χ0v) is 14.9. The lowest BCUT2D eigenvalue weighted by Crippen LogP contribution is -2.39. The standard InChI is InChI=1S/C19H19N3O3S/c23-19(20-11-15-13-24-8-9-25-15)16-12-22(14-5-2-1-3-6-14)21-18(16)17-7-4-10-26-17/h1-7,10,12,15H,8-9,11,13H2,(H,20,23)/t15-/m1/s1. The van der Waals surface area contributed by atoms with Gasteiger partial charge in [0.15, 0.2) is 0 Å². The Hall–Kier alpha value is -2.48. The first-order chi connectivity index (χ1) is 12.8. The number of nitrogens with one attached hydrogen (secondary N) is 1. The highest BCUT2D eigenvalue weighted by molar-refractivity contribution is 7.13. The fourth-order valence-electron chi connectivity index (χ4n) is 2.80. The molecule has 26 heavy (non-hydrogen) atoms. The van der Waals surface area contributed by atoms with Gasteiger partial charge < -0.3 is 14.8 Å². The molecule has 1 aromatic carbocycles. The van der Waals surface area contributed by atoms with E-state index in [-0.39, 0.29) is 12.0 Å². The Morgan fingerprint density at radius 2 is 2.12 bits per heavy atom. The lowest BCUT2D eigenvalue weighted by atomic mass is 10.2. The number of carbonyl (C=O) groups excluding carboxylic acids is 1. The van der Waals surface area contributed by atoms with E-state index in [1.54, 1.807) is 22.2 Å². The van der Waals surface area contributed by atoms with Crippen LogP contribution >= 0.6 is 11.3 Å². The molecule has 134 valence electrons. The van der Waals surface area contributed by atoms with E-state index < -0.39 is 0 Å². The number of benzene rings is 1. The molecule has 1 fully saturated rings. The molecule has 0 aliphatic carbocycles. The summed E-state index contributed by atoms with van der Waals surface area (Å²) in [6.07, 6.45) is 1.67. The summed E-state index contributed by atoms with van der Waals surface area (Å²) >= 11 is 1.56. The normalized spacial score (nSPS) is 17.2. The van der Waals surface area contributed by atoms with E-state index in [4.69, 9.17) is 9.47 Å². The molecule has 1 aliphatic heterocycles. The minimum Gasteiger partial charge on any atom is -0.376 e. The maximum atomic E-state index is 12.8. The van der Waals surface area contributed by atoms with Gasteiger partial charge in [0.2, 0.25) is 0 Å². The lowest BCUT2D eigenvalue weighted by molar-refractivity contribution is -0.0855. The van der Waals surface area contributed by atoms with Crippen LogP contribution in [-0.4, -0.2) is 48.2 Å². The van der Waals surface area contributed by atoms with Crippen molar-refractivity contribution in [3.63, 3.8) is 0 Å². The van der Waals surface area contributed by atoms with Gasteiger partial charge in [-0.3, -0.25) is 4.79 Å². The van der Waals surface area contributed by atoms with Crippen LogP contribution in [0.5, 0.6) is 0 Å². The Balaban J connectivity index is 1.59. The Bertz CT molecular complexity index is 856. The molecule has 0 radical (unpaired) electrons. The van der Waals surface area contributed by atoms with E-state index in [0.29, 0.717) is 37.6 Å². The van der Waals surface area contributed by atoms with Gasteiger partial charge in [0.05, 0.1) is 42.1 Å². The van der Waals surface area contributed by atoms with E-state index in [9.17, 15) is 4.79 Å². The topological polar surface area (TPSA) is 65.4 Å². The number of hydrogen-bond donors (Lipinski definition) is 1. The number of thiophene rings is 1. The molecule has 1 aliphatic rings. The number of hydrogen-bond acceptors (Lipinski definition) is 5. The van der Waals surface area contributed by atoms with Gasteiger partial charge in [-0.15, -0.1) is 11.3 Å². The SMILES string of the molecule is O=C(NC[C@@H]1COCCO1)c1cn(-c2ccccc2)nc1-c1cccs1. The number of nitrogens with zero attached hydrogens (tertiary/aromatic N) is 2. The summed E-state index contributed by atoms with van der Waals surface area (Å²) in [5, 5.41) is 9.57. The van der Waals surface area contributed by atoms with Gasteiger partial charge in [-0.25, -0.2) is 4.68 Å². The number of amides is 1. The fraction of sp³-hybridized carbons (Fsp3) is 0.263. The lowest BCUT2D eigenvalue weighted by Gasteiger charge is -2.22. The van der Waals surface area contributed by atoms with Crippen molar-refractivity contribution in [2.24, 2.45) is 0 Å². The highest BCUT2D eigenvalue weighted by atomic mass is 32.1. The number of rotatable bonds is 5. The largest absolute Gasteiger partial charge is 0.376 e. The van der Waals surface area contributed by atoms with Gasteiger partial charge in [0, 0.05) is 12.7 Å². The van der Waals surface area contributed by atoms with Crippen LogP contribution in [0.15, 0.2) is 54.0 Å². The third-order valence-electron chi connectivity index (χ3n) is 4.11. The van der Waals surface area contributed by atoms with Crippen molar-refractivity contribution < 1.29 is 14.3 Å². The summed E-state index contributed by atoms with van der Waals surface area (Å²) in [6, 6.07) is 13.7. The van der Waals surface area contributed by atoms with Crippen LogP contribution in [0.3, 0.4) is 0 Å². The van der Waals surface area contributed by atoms with Crippen LogP contribution in [-0.2, 0) is 9.47 Å². The van der Waals surface area contributed by atoms with E-state index in [1.165, 1.54) is 0 Å². The summed E-state index contributed by atoms with van der Waals surface area (Å²) in [4.78, 5) is 13.8. The van der Waals surface area contributed by atoms with Crippen LogP contribution in [0, 0.1) is 0 Å². The Morgan fingerprint density at radius 3 is 2.85 bits per heavy atom. The summed E-state index contributed by atoms with van der Waals surface area (Å²) in [5.41, 5.74) is 2.14. The highest BCUT2D eigenvalue weighted by Crippen LogP contribution is 2.27. The third-order valence-corrected chi connectivity index (χ3v) is 4.99. The first-order valence-electron chi connectivity index (χ1n) is 8.48. The van der Waals surface area contributed by atoms with Crippen LogP contribution in [0.1, 0.15) is 10.4 Å². The second-order valence-corrected chi connectivity index (χ2v) is 6.87. The second kappa shape index (κ2) is 7.82. The Morgan fingerprint density at radius 1 is 1.23 bits per heavy atom. The zero-order chi connectivity index (χ0) is 17.8. The molecule has 1 amide bonds. The van der Waals surface area contributed by atoms with E-state index in [0.717, 1.165) is 10.6 Å². The molecule has 1 atom stereocenters. The predicted octanol–water partition coefficient (Wildman–Crippen LogP) is 2.75. The predicted molar refractivity (Wildman–Crippen MR) is 99.8 cm³/mol. The fourth-order valence-corrected chi connectivity index (χ4v) is 3.53. The van der Waals surface area contributed by atoms with Crippen molar-refractivity contribution in [3.05, 3.63) is 59.6 Å². The molecule has 2 aromatic heterocycles. The molecule has 7 heteroatoms. The van der Waals surface area contributed by atoms with Crippen LogP contribution in [0.25, 0.3) is 16.3 Å². The average molecular weight is 369 g/mol. The van der Waals surface area contributed by atoms with Gasteiger partial charge in [0.25, 0.3) is 5.91 Å². The van der Waals surface area contributed by atoms with Crippen molar-refractivity contribution in [3.8, 4) is 16.3 Å². The minimum absolute atomic E-state index is 0.109. The molecule has 1 N–H and O–H groups in total. The minimum atomic E-state index is -0.162. The number of carbonyl (C=O) groups is 1. The molecular formula is C19H19N3O3S. The number of aromatic nitrogens is 2. The molecule has 1 saturated heterocycles. The van der Waals surface area contributed by atoms with Crippen molar-refractivity contribution in [1.82, 2.24) is 15.1 Å². The maximum Gasteiger partial charge on any atom is 0.255 e. The maximum absolute atomic E-state index is 12.8. The molecule has 4 rings (SSSR count). The molecule has 3 heterocycles.